The van der Waals surface area contributed by atoms with Crippen molar-refractivity contribution in [2.45, 2.75) is 44.4 Å². The van der Waals surface area contributed by atoms with E-state index in [9.17, 15) is 9.90 Å². The highest BCUT2D eigenvalue weighted by Crippen LogP contribution is 2.43. The van der Waals surface area contributed by atoms with Crippen molar-refractivity contribution in [3.63, 3.8) is 0 Å². The Hall–Kier alpha value is -1.97. The molecule has 0 amide bonds. The van der Waals surface area contributed by atoms with Crippen LogP contribution in [0.2, 0.25) is 0 Å². The third kappa shape index (κ3) is 2.31. The molecular weight excluding hydrogens is 298 g/mol. The molecule has 2 aromatic carbocycles. The quantitative estimate of drug-likeness (QED) is 0.942. The van der Waals surface area contributed by atoms with E-state index in [4.69, 9.17) is 0 Å². The Labute approximate surface area is 142 Å². The van der Waals surface area contributed by atoms with Gasteiger partial charge in [-0.25, -0.2) is 0 Å². The van der Waals surface area contributed by atoms with Crippen LogP contribution in [0.4, 0.5) is 0 Å². The molecule has 0 radical (unpaired) electrons. The molecular formula is C21H23NO2. The first-order chi connectivity index (χ1) is 11.6. The minimum atomic E-state index is -0.441. The van der Waals surface area contributed by atoms with Crippen LogP contribution in [0.15, 0.2) is 48.0 Å². The van der Waals surface area contributed by atoms with E-state index in [-0.39, 0.29) is 11.8 Å². The lowest BCUT2D eigenvalue weighted by Gasteiger charge is -2.35. The summed E-state index contributed by atoms with van der Waals surface area (Å²) in [7, 11) is 2.03. The number of carbonyl (C=O) groups is 1. The number of nitrogens with zero attached hydrogens (tertiary/aromatic N) is 1. The van der Waals surface area contributed by atoms with Crippen LogP contribution in [0.3, 0.4) is 0 Å². The van der Waals surface area contributed by atoms with E-state index in [1.165, 1.54) is 10.8 Å². The summed E-state index contributed by atoms with van der Waals surface area (Å²) in [5, 5.41) is 12.9. The van der Waals surface area contributed by atoms with Gasteiger partial charge < -0.3 is 5.11 Å². The third-order valence-electron chi connectivity index (χ3n) is 5.67. The van der Waals surface area contributed by atoms with Crippen LogP contribution < -0.4 is 0 Å². The van der Waals surface area contributed by atoms with Crippen LogP contribution in [0.25, 0.3) is 16.3 Å². The average molecular weight is 321 g/mol. The van der Waals surface area contributed by atoms with Crippen LogP contribution in [-0.4, -0.2) is 41.0 Å². The third-order valence-corrected chi connectivity index (χ3v) is 5.67. The van der Waals surface area contributed by atoms with Gasteiger partial charge in [0.2, 0.25) is 0 Å². The lowest BCUT2D eigenvalue weighted by atomic mass is 9.85. The number of likely N-dealkylation sites (N-methyl/N-ethyl adjacent to an activating group) is 1. The van der Waals surface area contributed by atoms with E-state index < -0.39 is 6.10 Å². The Balaban J connectivity index is 1.90. The van der Waals surface area contributed by atoms with Gasteiger partial charge in [0.25, 0.3) is 0 Å². The van der Waals surface area contributed by atoms with Crippen molar-refractivity contribution in [3.05, 3.63) is 53.6 Å². The van der Waals surface area contributed by atoms with Gasteiger partial charge in [0.05, 0.1) is 12.1 Å². The molecule has 2 aromatic rings. The van der Waals surface area contributed by atoms with Crippen molar-refractivity contribution in [2.24, 2.45) is 0 Å². The second-order valence-corrected chi connectivity index (χ2v) is 7.00. The largest absolute Gasteiger partial charge is 0.391 e. The molecule has 2 aliphatic heterocycles. The minimum Gasteiger partial charge on any atom is -0.391 e. The van der Waals surface area contributed by atoms with Crippen molar-refractivity contribution >= 4 is 22.1 Å². The fraction of sp³-hybridized carbons (Fsp3) is 0.381. The number of carbonyl (C=O) groups excluding carboxylic acids is 1. The van der Waals surface area contributed by atoms with Gasteiger partial charge in [-0.15, -0.1) is 0 Å². The molecule has 1 N–H and O–H groups in total. The molecule has 2 heterocycles. The summed E-state index contributed by atoms with van der Waals surface area (Å²) in [6, 6.07) is 14.9. The number of Topliss-reactive ketones (excluding diaryl/α,β-unsaturated/α-hetero) is 1. The maximum absolute atomic E-state index is 12.7. The van der Waals surface area contributed by atoms with Crippen LogP contribution >= 0.6 is 0 Å². The smallest absolute Gasteiger partial charge is 0.160 e. The molecule has 4 rings (SSSR count). The fourth-order valence-corrected chi connectivity index (χ4v) is 4.39. The van der Waals surface area contributed by atoms with E-state index in [1.54, 1.807) is 0 Å². The second kappa shape index (κ2) is 5.83. The van der Waals surface area contributed by atoms with Gasteiger partial charge in [-0.1, -0.05) is 43.3 Å². The number of aliphatic hydroxyl groups excluding tert-OH is 1. The summed E-state index contributed by atoms with van der Waals surface area (Å²) in [5.74, 6) is 0.161. The molecule has 0 aromatic heterocycles. The maximum Gasteiger partial charge on any atom is 0.160 e. The molecule has 0 spiro atoms. The van der Waals surface area contributed by atoms with Crippen LogP contribution in [0.1, 0.15) is 31.7 Å². The lowest BCUT2D eigenvalue weighted by Crippen LogP contribution is -2.43. The molecule has 24 heavy (non-hydrogen) atoms. The second-order valence-electron chi connectivity index (χ2n) is 7.00. The minimum absolute atomic E-state index is 0.155. The van der Waals surface area contributed by atoms with Crippen molar-refractivity contribution in [1.82, 2.24) is 4.90 Å². The van der Waals surface area contributed by atoms with E-state index in [0.29, 0.717) is 12.5 Å². The van der Waals surface area contributed by atoms with Gasteiger partial charge in [-0.05, 0) is 47.9 Å². The molecule has 0 aliphatic carbocycles. The lowest BCUT2D eigenvalue weighted by molar-refractivity contribution is -0.116. The molecule has 2 unspecified atom stereocenters. The summed E-state index contributed by atoms with van der Waals surface area (Å²) < 4.78 is 0. The van der Waals surface area contributed by atoms with Gasteiger partial charge in [0.1, 0.15) is 0 Å². The topological polar surface area (TPSA) is 40.5 Å². The summed E-state index contributed by atoms with van der Waals surface area (Å²) >= 11 is 0. The normalized spacial score (nSPS) is 27.0. The molecule has 0 saturated carbocycles. The van der Waals surface area contributed by atoms with Crippen LogP contribution in [-0.2, 0) is 4.79 Å². The van der Waals surface area contributed by atoms with Crippen LogP contribution in [0, 0.1) is 0 Å². The summed E-state index contributed by atoms with van der Waals surface area (Å²) in [6.07, 6.45) is 1.62. The highest BCUT2D eigenvalue weighted by Gasteiger charge is 2.46. The van der Waals surface area contributed by atoms with Gasteiger partial charge in [-0.3, -0.25) is 9.69 Å². The summed E-state index contributed by atoms with van der Waals surface area (Å²) in [4.78, 5) is 14.9. The zero-order valence-electron chi connectivity index (χ0n) is 14.2. The number of hydrogen-bond acceptors (Lipinski definition) is 3. The van der Waals surface area contributed by atoms with Crippen LogP contribution in [0.5, 0.6) is 0 Å². The molecule has 3 nitrogen and oxygen atoms in total. The van der Waals surface area contributed by atoms with Gasteiger partial charge in [0.15, 0.2) is 5.78 Å². The zero-order valence-corrected chi connectivity index (χ0v) is 14.2. The van der Waals surface area contributed by atoms with E-state index in [0.717, 1.165) is 29.6 Å². The standard InChI is InChI=1S/C21H23NO2/c1-3-18(23)20-17(11-16-12-19(24)21(20)22(16)2)15-9-8-13-6-4-5-7-14(13)10-15/h4-10,16,19,21,24H,3,11-12H2,1-2H3/t16?,19?,21-/m0/s1. The molecule has 2 aliphatic rings. The molecule has 124 valence electrons. The van der Waals surface area contributed by atoms with E-state index in [2.05, 4.69) is 35.2 Å². The van der Waals surface area contributed by atoms with Gasteiger partial charge >= 0.3 is 0 Å². The summed E-state index contributed by atoms with van der Waals surface area (Å²) in [5.41, 5.74) is 3.09. The van der Waals surface area contributed by atoms with Crippen molar-refractivity contribution in [3.8, 4) is 0 Å². The number of benzene rings is 2. The van der Waals surface area contributed by atoms with E-state index >= 15 is 0 Å². The predicted molar refractivity (Wildman–Crippen MR) is 96.7 cm³/mol. The number of fused-ring (bicyclic) bond motifs is 3. The Morgan fingerprint density at radius 1 is 1.21 bits per heavy atom. The molecule has 1 fully saturated rings. The monoisotopic (exact) mass is 321 g/mol. The first kappa shape index (κ1) is 15.6. The Morgan fingerprint density at radius 2 is 1.96 bits per heavy atom. The number of rotatable bonds is 3. The molecule has 2 bridgehead atoms. The van der Waals surface area contributed by atoms with Crippen molar-refractivity contribution in [1.29, 1.82) is 0 Å². The first-order valence-corrected chi connectivity index (χ1v) is 8.75. The highest BCUT2D eigenvalue weighted by molar-refractivity contribution is 6.05. The first-order valence-electron chi connectivity index (χ1n) is 8.75. The molecule has 3 atom stereocenters. The summed E-state index contributed by atoms with van der Waals surface area (Å²) in [6.45, 7) is 1.90. The van der Waals surface area contributed by atoms with E-state index in [1.807, 2.05) is 26.1 Å². The average Bonchev–Trinajstić information content (AvgIpc) is 2.79. The Bertz CT molecular complexity index is 839. The number of ketones is 1. The van der Waals surface area contributed by atoms with Gasteiger partial charge in [-0.2, -0.15) is 0 Å². The highest BCUT2D eigenvalue weighted by atomic mass is 16.3. The fourth-order valence-electron chi connectivity index (χ4n) is 4.39. The van der Waals surface area contributed by atoms with Gasteiger partial charge in [0, 0.05) is 18.0 Å². The Kier molecular flexibility index (Phi) is 3.78. The Morgan fingerprint density at radius 3 is 2.71 bits per heavy atom. The maximum atomic E-state index is 12.7. The number of hydrogen-bond donors (Lipinski definition) is 1. The van der Waals surface area contributed by atoms with Crippen molar-refractivity contribution in [2.75, 3.05) is 7.05 Å². The predicted octanol–water partition coefficient (Wildman–Crippen LogP) is 3.41. The molecule has 1 saturated heterocycles. The van der Waals surface area contributed by atoms with Crippen molar-refractivity contribution < 1.29 is 9.90 Å². The SMILES string of the molecule is CCC(=O)C1=C(c2ccc3ccccc3c2)CC2CC(O)[C@@H]1N2C. The number of aliphatic hydroxyl groups is 1. The zero-order chi connectivity index (χ0) is 16.8. The molecule has 3 heteroatoms.